The average molecular weight is 191 g/mol. The van der Waals surface area contributed by atoms with E-state index in [1.807, 2.05) is 0 Å². The van der Waals surface area contributed by atoms with Crippen molar-refractivity contribution in [2.75, 3.05) is 0 Å². The summed E-state index contributed by atoms with van der Waals surface area (Å²) >= 11 is 0.230. The van der Waals surface area contributed by atoms with Crippen LogP contribution in [-0.2, 0) is 0 Å². The molecular weight excluding hydrogens is 179 g/mol. The van der Waals surface area contributed by atoms with Crippen molar-refractivity contribution >= 4 is 21.1 Å². The molecule has 0 unspecified atom stereocenters. The van der Waals surface area contributed by atoms with Crippen molar-refractivity contribution in [1.82, 2.24) is 0 Å². The molecule has 0 saturated heterocycles. The number of hydrogen-bond donors (Lipinski definition) is 0. The molecule has 0 aromatic heterocycles. The maximum atomic E-state index is 2.30. The van der Waals surface area contributed by atoms with E-state index in [-0.39, 0.29) is 21.1 Å². The van der Waals surface area contributed by atoms with Crippen molar-refractivity contribution in [3.8, 4) is 0 Å². The van der Waals surface area contributed by atoms with Gasteiger partial charge in [0.15, 0.2) is 0 Å². The average Bonchev–Trinajstić information content (AvgIpc) is 2.11. The van der Waals surface area contributed by atoms with E-state index in [0.717, 1.165) is 0 Å². The van der Waals surface area contributed by atoms with Gasteiger partial charge in [0.2, 0.25) is 0 Å². The van der Waals surface area contributed by atoms with Crippen LogP contribution in [0.5, 0.6) is 0 Å². The van der Waals surface area contributed by atoms with Gasteiger partial charge in [-0.2, -0.15) is 0 Å². The fraction of sp³-hybridized carbons (Fsp3) is 1.00. The van der Waals surface area contributed by atoms with Crippen molar-refractivity contribution in [3.63, 3.8) is 0 Å². The number of rotatable bonds is 0. The minimum absolute atomic E-state index is 0.230. The first-order valence-electron chi connectivity index (χ1n) is 2.50. The molecule has 0 atom stereocenters. The summed E-state index contributed by atoms with van der Waals surface area (Å²) in [5, 5.41) is 0. The third-order valence-corrected chi connectivity index (χ3v) is 0.354. The molecule has 1 rings (SSSR count). The van der Waals surface area contributed by atoms with Gasteiger partial charge in [-0.3, -0.25) is 0 Å². The first kappa shape index (κ1) is 6.80. The van der Waals surface area contributed by atoms with Gasteiger partial charge in [-0.25, -0.2) is 0 Å². The molecule has 1 heteroatoms. The Morgan fingerprint density at radius 2 is 1.17 bits per heavy atom. The molecule has 0 N–H and O–H groups in total. The van der Waals surface area contributed by atoms with E-state index in [2.05, 4.69) is 9.88 Å². The zero-order valence-electron chi connectivity index (χ0n) is 4.62. The van der Waals surface area contributed by atoms with Gasteiger partial charge in [-0.1, -0.05) is 19.3 Å². The van der Waals surface area contributed by atoms with Gasteiger partial charge >= 0.3 is 31.0 Å². The van der Waals surface area contributed by atoms with E-state index in [9.17, 15) is 0 Å². The van der Waals surface area contributed by atoms with Crippen LogP contribution < -0.4 is 0 Å². The Morgan fingerprint density at radius 3 is 1.17 bits per heavy atom. The van der Waals surface area contributed by atoms with Gasteiger partial charge in [0.25, 0.3) is 0 Å². The summed E-state index contributed by atoms with van der Waals surface area (Å²) in [6.07, 6.45) is 4.50. The summed E-state index contributed by atoms with van der Waals surface area (Å²) in [5.74, 6) is 0. The van der Waals surface area contributed by atoms with E-state index in [1.54, 1.807) is 0 Å². The van der Waals surface area contributed by atoms with E-state index in [0.29, 0.717) is 0 Å². The Hall–Kier alpha value is 0.799. The van der Waals surface area contributed by atoms with Crippen molar-refractivity contribution in [2.45, 2.75) is 29.1 Å². The van der Waals surface area contributed by atoms with Crippen molar-refractivity contribution < 1.29 is 0 Å². The number of hydrogen-bond acceptors (Lipinski definition) is 0. The van der Waals surface area contributed by atoms with Crippen LogP contribution in [0.25, 0.3) is 0 Å². The molecular formula is C5H12Sn. The Balaban J connectivity index is 0.0000000833. The molecule has 2 radical (unpaired) electrons. The molecule has 0 heterocycles. The summed E-state index contributed by atoms with van der Waals surface area (Å²) in [6.45, 7) is 0. The van der Waals surface area contributed by atoms with Gasteiger partial charge in [-0.15, -0.1) is 0 Å². The molecule has 1 aliphatic rings. The molecule has 0 nitrogen and oxygen atoms in total. The Labute approximate surface area is 50.5 Å². The molecule has 1 aliphatic carbocycles. The molecule has 6 heavy (non-hydrogen) atoms. The normalized spacial score (nSPS) is 15.0. The van der Waals surface area contributed by atoms with Crippen molar-refractivity contribution in [3.05, 3.63) is 0 Å². The molecule has 0 aromatic carbocycles. The predicted molar refractivity (Wildman–Crippen MR) is 31.3 cm³/mol. The Bertz CT molecular complexity index is 15.1. The topological polar surface area (TPSA) is 0 Å². The second-order valence-electron chi connectivity index (χ2n) is 1.56. The van der Waals surface area contributed by atoms with E-state index in [1.165, 1.54) is 19.3 Å². The van der Waals surface area contributed by atoms with Gasteiger partial charge in [0.1, 0.15) is 0 Å². The van der Waals surface area contributed by atoms with Gasteiger partial charge < -0.3 is 0 Å². The quantitative estimate of drug-likeness (QED) is 0.513. The third kappa shape index (κ3) is 21.4. The third-order valence-electron chi connectivity index (χ3n) is 0.354. The minimum atomic E-state index is 0.230. The SMILES string of the molecule is C1CC1.[CH3][Sn][CH3]. The van der Waals surface area contributed by atoms with E-state index in [4.69, 9.17) is 0 Å². The molecule has 0 spiro atoms. The second-order valence-corrected chi connectivity index (χ2v) is 4.41. The van der Waals surface area contributed by atoms with Crippen LogP contribution in [0.3, 0.4) is 0 Å². The summed E-state index contributed by atoms with van der Waals surface area (Å²) in [7, 11) is 0. The molecule has 0 aliphatic heterocycles. The first-order chi connectivity index (χ1) is 2.91. The summed E-state index contributed by atoms with van der Waals surface area (Å²) in [4.78, 5) is 4.59. The molecule has 0 amide bonds. The summed E-state index contributed by atoms with van der Waals surface area (Å²) in [5.41, 5.74) is 0. The summed E-state index contributed by atoms with van der Waals surface area (Å²) in [6, 6.07) is 0. The van der Waals surface area contributed by atoms with Crippen LogP contribution in [0.1, 0.15) is 19.3 Å². The van der Waals surface area contributed by atoms with Crippen molar-refractivity contribution in [1.29, 1.82) is 0 Å². The molecule has 1 saturated carbocycles. The monoisotopic (exact) mass is 192 g/mol. The van der Waals surface area contributed by atoms with Crippen LogP contribution >= 0.6 is 0 Å². The predicted octanol–water partition coefficient (Wildman–Crippen LogP) is 1.96. The van der Waals surface area contributed by atoms with Crippen LogP contribution in [0.15, 0.2) is 0 Å². The van der Waals surface area contributed by atoms with Crippen LogP contribution in [0.2, 0.25) is 9.88 Å². The molecule has 36 valence electrons. The van der Waals surface area contributed by atoms with Crippen LogP contribution in [0, 0.1) is 0 Å². The molecule has 1 fully saturated rings. The molecule has 0 aromatic rings. The molecule has 0 bridgehead atoms. The fourth-order valence-electron chi connectivity index (χ4n) is 0. The van der Waals surface area contributed by atoms with Gasteiger partial charge in [-0.05, 0) is 0 Å². The Morgan fingerprint density at radius 1 is 1.00 bits per heavy atom. The fourth-order valence-corrected chi connectivity index (χ4v) is 0. The van der Waals surface area contributed by atoms with E-state index >= 15 is 0 Å². The second kappa shape index (κ2) is 5.80. The first-order valence-corrected chi connectivity index (χ1v) is 8.21. The summed E-state index contributed by atoms with van der Waals surface area (Å²) < 4.78 is 0. The van der Waals surface area contributed by atoms with E-state index < -0.39 is 0 Å². The van der Waals surface area contributed by atoms with Crippen LogP contribution in [-0.4, -0.2) is 21.1 Å². The zero-order chi connectivity index (χ0) is 4.83. The zero-order valence-corrected chi connectivity index (χ0v) is 7.48. The van der Waals surface area contributed by atoms with Crippen LogP contribution in [0.4, 0.5) is 0 Å². The van der Waals surface area contributed by atoms with Gasteiger partial charge in [0, 0.05) is 0 Å². The van der Waals surface area contributed by atoms with Crippen molar-refractivity contribution in [2.24, 2.45) is 0 Å². The Kier molecular flexibility index (Phi) is 6.57. The standard InChI is InChI=1S/C3H6.2CH3.Sn/c1-2-3-1;;;/h1-3H2;2*1H3;. The van der Waals surface area contributed by atoms with Gasteiger partial charge in [0.05, 0.1) is 0 Å². The maximum absolute atomic E-state index is 2.30.